The molecule has 2 rings (SSSR count). The van der Waals surface area contributed by atoms with Crippen molar-refractivity contribution in [3.63, 3.8) is 0 Å². The molecule has 0 atom stereocenters. The minimum atomic E-state index is 0.573. The molecule has 0 aliphatic rings. The van der Waals surface area contributed by atoms with E-state index in [9.17, 15) is 0 Å². The number of rotatable bonds is 4. The first kappa shape index (κ1) is 15.5. The second kappa shape index (κ2) is 7.76. The van der Waals surface area contributed by atoms with Gasteiger partial charge < -0.3 is 5.32 Å². The molecule has 5 heteroatoms. The summed E-state index contributed by atoms with van der Waals surface area (Å²) in [6, 6.07) is 17.6. The van der Waals surface area contributed by atoms with Gasteiger partial charge in [0.15, 0.2) is 5.11 Å². The molecule has 0 saturated heterocycles. The molecule has 0 aromatic heterocycles. The second-order valence-corrected chi connectivity index (χ2v) is 5.29. The van der Waals surface area contributed by atoms with Crippen molar-refractivity contribution in [2.45, 2.75) is 6.54 Å². The van der Waals surface area contributed by atoms with Gasteiger partial charge in [0.1, 0.15) is 0 Å². The number of benzene rings is 2. The average Bonchev–Trinajstić information content (AvgIpc) is 2.52. The van der Waals surface area contributed by atoms with Crippen molar-refractivity contribution >= 4 is 35.1 Å². The Balaban J connectivity index is 1.86. The number of halogens is 1. The lowest BCUT2D eigenvalue weighted by molar-refractivity contribution is 0.532. The van der Waals surface area contributed by atoms with Gasteiger partial charge in [-0.2, -0.15) is 5.10 Å². The van der Waals surface area contributed by atoms with Crippen LogP contribution < -0.4 is 5.32 Å². The zero-order valence-corrected chi connectivity index (χ0v) is 13.2. The fraction of sp³-hybridized carbons (Fsp3) is 0.125. The Bertz CT molecular complexity index is 611. The van der Waals surface area contributed by atoms with Crippen molar-refractivity contribution in [3.05, 3.63) is 70.7 Å². The van der Waals surface area contributed by atoms with Crippen LogP contribution in [0.25, 0.3) is 0 Å². The molecule has 2 aromatic rings. The van der Waals surface area contributed by atoms with Gasteiger partial charge in [-0.1, -0.05) is 54.1 Å². The molecule has 0 radical (unpaired) electrons. The molecule has 1 N–H and O–H groups in total. The van der Waals surface area contributed by atoms with E-state index in [1.54, 1.807) is 11.2 Å². The minimum Gasteiger partial charge on any atom is -0.357 e. The van der Waals surface area contributed by atoms with E-state index in [1.807, 2.05) is 61.6 Å². The van der Waals surface area contributed by atoms with E-state index in [1.165, 1.54) is 5.56 Å². The molecule has 0 heterocycles. The molecule has 108 valence electrons. The highest BCUT2D eigenvalue weighted by molar-refractivity contribution is 7.80. The maximum absolute atomic E-state index is 5.84. The zero-order chi connectivity index (χ0) is 15.1. The van der Waals surface area contributed by atoms with Crippen LogP contribution in [0.15, 0.2) is 59.7 Å². The number of thiocarbonyl (C=S) groups is 1. The number of hydrogen-bond donors (Lipinski definition) is 1. The van der Waals surface area contributed by atoms with E-state index in [4.69, 9.17) is 23.8 Å². The van der Waals surface area contributed by atoms with E-state index >= 15 is 0 Å². The van der Waals surface area contributed by atoms with Crippen LogP contribution in [0.2, 0.25) is 5.02 Å². The van der Waals surface area contributed by atoms with E-state index in [-0.39, 0.29) is 0 Å². The van der Waals surface area contributed by atoms with Gasteiger partial charge in [0.25, 0.3) is 0 Å². The van der Waals surface area contributed by atoms with E-state index < -0.39 is 0 Å². The fourth-order valence-electron chi connectivity index (χ4n) is 1.64. The predicted octanol–water partition coefficient (Wildman–Crippen LogP) is 3.68. The third kappa shape index (κ3) is 5.17. The molecule has 0 unspecified atom stereocenters. The molecule has 21 heavy (non-hydrogen) atoms. The Labute approximate surface area is 135 Å². The maximum Gasteiger partial charge on any atom is 0.189 e. The predicted molar refractivity (Wildman–Crippen MR) is 92.7 cm³/mol. The summed E-state index contributed by atoms with van der Waals surface area (Å²) in [4.78, 5) is 0. The summed E-state index contributed by atoms with van der Waals surface area (Å²) in [5.74, 6) is 0. The van der Waals surface area contributed by atoms with Crippen molar-refractivity contribution in [1.29, 1.82) is 0 Å². The Morgan fingerprint density at radius 1 is 1.19 bits per heavy atom. The van der Waals surface area contributed by atoms with Gasteiger partial charge in [0, 0.05) is 18.6 Å². The summed E-state index contributed by atoms with van der Waals surface area (Å²) in [6.07, 6.45) is 1.74. The van der Waals surface area contributed by atoms with E-state index in [0.717, 1.165) is 5.56 Å². The summed E-state index contributed by atoms with van der Waals surface area (Å²) in [5.41, 5.74) is 2.15. The topological polar surface area (TPSA) is 27.6 Å². The average molecular weight is 318 g/mol. The molecule has 0 fully saturated rings. The smallest absolute Gasteiger partial charge is 0.189 e. The summed E-state index contributed by atoms with van der Waals surface area (Å²) in [7, 11) is 1.81. The molecule has 0 bridgehead atoms. The number of hydrogen-bond acceptors (Lipinski definition) is 2. The molecule has 3 nitrogen and oxygen atoms in total. The van der Waals surface area contributed by atoms with Gasteiger partial charge in [-0.15, -0.1) is 0 Å². The lowest BCUT2D eigenvalue weighted by Crippen LogP contribution is -2.33. The van der Waals surface area contributed by atoms with Crippen molar-refractivity contribution in [2.75, 3.05) is 7.05 Å². The molecule has 0 aliphatic heterocycles. The van der Waals surface area contributed by atoms with Gasteiger partial charge in [0.05, 0.1) is 6.21 Å². The Hall–Kier alpha value is -1.91. The van der Waals surface area contributed by atoms with Gasteiger partial charge in [-0.25, -0.2) is 5.01 Å². The molecule has 0 saturated carbocycles. The first-order chi connectivity index (χ1) is 10.1. The highest BCUT2D eigenvalue weighted by Gasteiger charge is 2.01. The number of nitrogens with zero attached hydrogens (tertiary/aromatic N) is 2. The number of nitrogens with one attached hydrogen (secondary N) is 1. The normalized spacial score (nSPS) is 10.6. The van der Waals surface area contributed by atoms with Crippen molar-refractivity contribution in [1.82, 2.24) is 10.3 Å². The van der Waals surface area contributed by atoms with E-state index in [0.29, 0.717) is 16.7 Å². The van der Waals surface area contributed by atoms with Crippen LogP contribution in [0.4, 0.5) is 0 Å². The van der Waals surface area contributed by atoms with Gasteiger partial charge >= 0.3 is 0 Å². The molecular weight excluding hydrogens is 302 g/mol. The second-order valence-electron chi connectivity index (χ2n) is 4.46. The minimum absolute atomic E-state index is 0.573. The highest BCUT2D eigenvalue weighted by Crippen LogP contribution is 2.08. The van der Waals surface area contributed by atoms with Crippen molar-refractivity contribution < 1.29 is 0 Å². The first-order valence-electron chi connectivity index (χ1n) is 6.50. The first-order valence-corrected chi connectivity index (χ1v) is 7.29. The van der Waals surface area contributed by atoms with Crippen LogP contribution >= 0.6 is 23.8 Å². The van der Waals surface area contributed by atoms with Crippen LogP contribution in [0.5, 0.6) is 0 Å². The Morgan fingerprint density at radius 2 is 1.86 bits per heavy atom. The van der Waals surface area contributed by atoms with Gasteiger partial charge in [-0.3, -0.25) is 0 Å². The molecule has 0 spiro atoms. The monoisotopic (exact) mass is 317 g/mol. The Morgan fingerprint density at radius 3 is 2.52 bits per heavy atom. The van der Waals surface area contributed by atoms with Crippen molar-refractivity contribution in [3.8, 4) is 0 Å². The summed E-state index contributed by atoms with van der Waals surface area (Å²) >= 11 is 11.1. The standard InChI is InChI=1S/C16H16ClN3S/c1-20(19-12-14-7-9-15(17)10-8-14)16(21)18-11-13-5-3-2-4-6-13/h2-10,12H,11H2,1H3,(H,18,21)/b19-12-. The SMILES string of the molecule is CN(/N=C\c1ccc(Cl)cc1)C(=S)NCc1ccccc1. The van der Waals surface area contributed by atoms with Crippen LogP contribution in [0, 0.1) is 0 Å². The molecule has 0 amide bonds. The molecule has 0 aliphatic carbocycles. The summed E-state index contributed by atoms with van der Waals surface area (Å²) < 4.78 is 0. The fourth-order valence-corrected chi connectivity index (χ4v) is 1.89. The molecule has 2 aromatic carbocycles. The summed E-state index contributed by atoms with van der Waals surface area (Å²) in [6.45, 7) is 0.681. The van der Waals surface area contributed by atoms with Crippen LogP contribution in [0.3, 0.4) is 0 Å². The van der Waals surface area contributed by atoms with Crippen LogP contribution in [-0.2, 0) is 6.54 Å². The quantitative estimate of drug-likeness (QED) is 0.529. The van der Waals surface area contributed by atoms with Gasteiger partial charge in [0.2, 0.25) is 0 Å². The van der Waals surface area contributed by atoms with Crippen molar-refractivity contribution in [2.24, 2.45) is 5.10 Å². The zero-order valence-electron chi connectivity index (χ0n) is 11.7. The lowest BCUT2D eigenvalue weighted by Gasteiger charge is -2.15. The van der Waals surface area contributed by atoms with Crippen LogP contribution in [0.1, 0.15) is 11.1 Å². The van der Waals surface area contributed by atoms with E-state index in [2.05, 4.69) is 10.4 Å². The third-order valence-electron chi connectivity index (χ3n) is 2.83. The van der Waals surface area contributed by atoms with Gasteiger partial charge in [-0.05, 0) is 35.5 Å². The highest BCUT2D eigenvalue weighted by atomic mass is 35.5. The molecular formula is C16H16ClN3S. The Kier molecular flexibility index (Phi) is 5.72. The van der Waals surface area contributed by atoms with Crippen LogP contribution in [-0.4, -0.2) is 23.4 Å². The third-order valence-corrected chi connectivity index (χ3v) is 3.49. The largest absolute Gasteiger partial charge is 0.357 e. The lowest BCUT2D eigenvalue weighted by atomic mass is 10.2. The number of hydrazone groups is 1. The maximum atomic E-state index is 5.84. The summed E-state index contributed by atoms with van der Waals surface area (Å²) in [5, 5.41) is 10.4.